The van der Waals surface area contributed by atoms with Gasteiger partial charge >= 0.3 is 0 Å². The van der Waals surface area contributed by atoms with Crippen LogP contribution in [0.3, 0.4) is 0 Å². The summed E-state index contributed by atoms with van der Waals surface area (Å²) in [6.45, 7) is 8.98. The Balaban J connectivity index is 4.05. The van der Waals surface area contributed by atoms with Crippen molar-refractivity contribution in [3.05, 3.63) is 0 Å². The minimum absolute atomic E-state index is 0.243. The van der Waals surface area contributed by atoms with E-state index < -0.39 is 7.59 Å². The first-order valence-electron chi connectivity index (χ1n) is 15.9. The molecule has 0 rings (SSSR count). The highest BCUT2D eigenvalue weighted by atomic mass is 31.2. The van der Waals surface area contributed by atoms with Gasteiger partial charge in [0.25, 0.3) is 7.59 Å². The molecule has 0 unspecified atom stereocenters. The van der Waals surface area contributed by atoms with Crippen LogP contribution in [0.4, 0.5) is 0 Å². The van der Waals surface area contributed by atoms with E-state index in [4.69, 9.17) is 5.11 Å². The van der Waals surface area contributed by atoms with Gasteiger partial charge in [0.2, 0.25) is 0 Å². The quantitative estimate of drug-likeness (QED) is 0.0465. The van der Waals surface area contributed by atoms with Crippen LogP contribution in [0.15, 0.2) is 0 Å². The first-order valence-corrected chi connectivity index (χ1v) is 17.6. The first kappa shape index (κ1) is 36.0. The fraction of sp³-hybridized carbons (Fsp3) is 1.00. The lowest BCUT2D eigenvalue weighted by Gasteiger charge is -2.22. The minimum atomic E-state index is -2.74. The Hall–Kier alpha value is 0.0300. The summed E-state index contributed by atoms with van der Waals surface area (Å²) >= 11 is 0. The van der Waals surface area contributed by atoms with E-state index in [0.29, 0.717) is 0 Å². The van der Waals surface area contributed by atoms with Crippen molar-refractivity contribution in [2.75, 3.05) is 39.3 Å². The van der Waals surface area contributed by atoms with Gasteiger partial charge in [0.1, 0.15) is 0 Å². The molecule has 0 radical (unpaired) electrons. The Labute approximate surface area is 225 Å². The van der Waals surface area contributed by atoms with Crippen molar-refractivity contribution >= 4 is 7.59 Å². The molecule has 5 N–H and O–H groups in total. The molecule has 0 aliphatic heterocycles. The average molecular weight is 533 g/mol. The molecule has 0 spiro atoms. The summed E-state index contributed by atoms with van der Waals surface area (Å²) in [5.74, 6) is 0. The van der Waals surface area contributed by atoms with Crippen LogP contribution in [-0.4, -0.2) is 44.4 Å². The average Bonchev–Trinajstić information content (AvgIpc) is 2.88. The van der Waals surface area contributed by atoms with E-state index in [1.54, 1.807) is 0 Å². The zero-order chi connectivity index (χ0) is 26.4. The summed E-state index contributed by atoms with van der Waals surface area (Å²) in [6.07, 6.45) is 26.4. The van der Waals surface area contributed by atoms with Crippen LogP contribution >= 0.6 is 7.59 Å². The second-order valence-electron chi connectivity index (χ2n) is 10.5. The number of hydrogen-bond donors (Lipinski definition) is 5. The van der Waals surface area contributed by atoms with Crippen molar-refractivity contribution in [3.63, 3.8) is 0 Å². The lowest BCUT2D eigenvalue weighted by Crippen LogP contribution is -2.34. The van der Waals surface area contributed by atoms with Gasteiger partial charge in [0.05, 0.1) is 0 Å². The van der Waals surface area contributed by atoms with Crippen molar-refractivity contribution in [2.24, 2.45) is 0 Å². The molecule has 36 heavy (non-hydrogen) atoms. The molecule has 0 amide bonds. The molecule has 6 nitrogen and oxygen atoms in total. The summed E-state index contributed by atoms with van der Waals surface area (Å²) in [4.78, 5) is 0. The molecule has 0 saturated heterocycles. The molecule has 0 bridgehead atoms. The van der Waals surface area contributed by atoms with Crippen LogP contribution in [0, 0.1) is 0 Å². The summed E-state index contributed by atoms with van der Waals surface area (Å²) in [5.41, 5.74) is 0. The van der Waals surface area contributed by atoms with E-state index in [1.807, 2.05) is 0 Å². The SMILES string of the molecule is CCCCCCCCCCCNP(=O)(NCCCCCCCCCCC)NCCCCNCCCO. The molecule has 0 aromatic carbocycles. The predicted molar refractivity (Wildman–Crippen MR) is 160 cm³/mol. The maximum absolute atomic E-state index is 13.5. The van der Waals surface area contributed by atoms with E-state index in [2.05, 4.69) is 34.4 Å². The van der Waals surface area contributed by atoms with Crippen LogP contribution in [0.2, 0.25) is 0 Å². The van der Waals surface area contributed by atoms with Crippen molar-refractivity contribution < 1.29 is 9.67 Å². The second kappa shape index (κ2) is 29.6. The van der Waals surface area contributed by atoms with Crippen molar-refractivity contribution in [1.29, 1.82) is 0 Å². The lowest BCUT2D eigenvalue weighted by molar-refractivity contribution is 0.286. The summed E-state index contributed by atoms with van der Waals surface area (Å²) in [5, 5.41) is 22.2. The van der Waals surface area contributed by atoms with Gasteiger partial charge in [0.15, 0.2) is 0 Å². The number of aliphatic hydroxyl groups is 1. The fourth-order valence-corrected chi connectivity index (χ4v) is 6.21. The minimum Gasteiger partial charge on any atom is -0.396 e. The zero-order valence-corrected chi connectivity index (χ0v) is 25.3. The molecule has 218 valence electrons. The van der Waals surface area contributed by atoms with Gasteiger partial charge in [-0.2, -0.15) is 0 Å². The van der Waals surface area contributed by atoms with Crippen LogP contribution in [-0.2, 0) is 4.57 Å². The van der Waals surface area contributed by atoms with E-state index in [9.17, 15) is 4.57 Å². The third-order valence-electron chi connectivity index (χ3n) is 6.86. The van der Waals surface area contributed by atoms with Gasteiger partial charge in [-0.05, 0) is 45.2 Å². The van der Waals surface area contributed by atoms with Crippen LogP contribution in [0.25, 0.3) is 0 Å². The molecule has 0 aliphatic rings. The van der Waals surface area contributed by atoms with Gasteiger partial charge in [-0.15, -0.1) is 0 Å². The smallest absolute Gasteiger partial charge is 0.279 e. The molecule has 0 saturated carbocycles. The van der Waals surface area contributed by atoms with E-state index in [0.717, 1.165) is 64.8 Å². The van der Waals surface area contributed by atoms with Crippen LogP contribution in [0.5, 0.6) is 0 Å². The molecule has 0 aliphatic carbocycles. The molecule has 0 aromatic heterocycles. The number of aliphatic hydroxyl groups excluding tert-OH is 1. The van der Waals surface area contributed by atoms with Gasteiger partial charge in [0, 0.05) is 26.2 Å². The van der Waals surface area contributed by atoms with Gasteiger partial charge < -0.3 is 10.4 Å². The van der Waals surface area contributed by atoms with Crippen molar-refractivity contribution in [1.82, 2.24) is 20.6 Å². The van der Waals surface area contributed by atoms with Gasteiger partial charge in [-0.3, -0.25) is 4.57 Å². The number of hydrogen-bond acceptors (Lipinski definition) is 3. The maximum atomic E-state index is 13.5. The summed E-state index contributed by atoms with van der Waals surface area (Å²) in [7, 11) is -2.74. The zero-order valence-electron chi connectivity index (χ0n) is 24.4. The number of rotatable bonds is 31. The van der Waals surface area contributed by atoms with Gasteiger partial charge in [-0.25, -0.2) is 15.3 Å². The normalized spacial score (nSPS) is 12.0. The fourth-order valence-electron chi connectivity index (χ4n) is 4.45. The Kier molecular flexibility index (Phi) is 29.6. The third-order valence-corrected chi connectivity index (χ3v) is 8.86. The second-order valence-corrected chi connectivity index (χ2v) is 12.7. The van der Waals surface area contributed by atoms with Gasteiger partial charge in [-0.1, -0.05) is 117 Å². The van der Waals surface area contributed by atoms with Crippen LogP contribution in [0.1, 0.15) is 149 Å². The summed E-state index contributed by atoms with van der Waals surface area (Å²) in [6, 6.07) is 0. The Morgan fingerprint density at radius 3 is 1.14 bits per heavy atom. The first-order chi connectivity index (χ1) is 17.7. The van der Waals surface area contributed by atoms with E-state index >= 15 is 0 Å². The predicted octanol–water partition coefficient (Wildman–Crippen LogP) is 7.68. The highest BCUT2D eigenvalue weighted by Crippen LogP contribution is 2.30. The molecule has 7 heteroatoms. The topological polar surface area (TPSA) is 85.4 Å². The van der Waals surface area contributed by atoms with E-state index in [1.165, 1.54) is 103 Å². The Morgan fingerprint density at radius 1 is 0.444 bits per heavy atom. The van der Waals surface area contributed by atoms with Crippen LogP contribution < -0.4 is 20.6 Å². The highest BCUT2D eigenvalue weighted by molar-refractivity contribution is 7.57. The maximum Gasteiger partial charge on any atom is 0.279 e. The molecule has 0 aromatic rings. The largest absolute Gasteiger partial charge is 0.396 e. The Morgan fingerprint density at radius 2 is 0.750 bits per heavy atom. The molecular weight excluding hydrogens is 467 g/mol. The van der Waals surface area contributed by atoms with E-state index in [-0.39, 0.29) is 6.61 Å². The summed E-state index contributed by atoms with van der Waals surface area (Å²) < 4.78 is 13.5. The monoisotopic (exact) mass is 532 g/mol. The lowest BCUT2D eigenvalue weighted by atomic mass is 10.1. The third kappa shape index (κ3) is 27.1. The van der Waals surface area contributed by atoms with Crippen molar-refractivity contribution in [3.8, 4) is 0 Å². The molecular formula is C29H65N4O2P. The number of nitrogens with one attached hydrogen (secondary N) is 4. The highest BCUT2D eigenvalue weighted by Gasteiger charge is 2.19. The Bertz CT molecular complexity index is 441. The standard InChI is InChI=1S/C29H65N4O2P/c1-3-5-7-9-11-13-15-17-19-26-31-36(35,33-28-22-21-24-30-25-23-29-34)32-27-20-18-16-14-12-10-8-6-4-2/h30,34H,3-29H2,1-2H3,(H3,31,32,33,35). The number of unbranched alkanes of at least 4 members (excludes halogenated alkanes) is 17. The molecule has 0 fully saturated rings. The molecule has 0 atom stereocenters. The molecule has 0 heterocycles. The van der Waals surface area contributed by atoms with Crippen molar-refractivity contribution in [2.45, 2.75) is 149 Å².